The quantitative estimate of drug-likeness (QED) is 0.479. The first-order valence-electron chi connectivity index (χ1n) is 9.27. The molecule has 0 saturated heterocycles. The molecule has 0 saturated carbocycles. The fourth-order valence-electron chi connectivity index (χ4n) is 4.79. The largest absolute Gasteiger partial charge is 0.347 e. The van der Waals surface area contributed by atoms with Crippen molar-refractivity contribution in [3.63, 3.8) is 0 Å². The average molecular weight is 363 g/mol. The number of rotatable bonds is 0. The summed E-state index contributed by atoms with van der Waals surface area (Å²) in [6.07, 6.45) is 0. The molecule has 3 heteroatoms. The summed E-state index contributed by atoms with van der Waals surface area (Å²) in [7, 11) is -2.66. The lowest BCUT2D eigenvalue weighted by atomic mass is 10.00. The number of para-hydroxylation sites is 2. The van der Waals surface area contributed by atoms with E-state index in [-0.39, 0.29) is 0 Å². The van der Waals surface area contributed by atoms with Crippen LogP contribution in [0.15, 0.2) is 97.1 Å². The van der Waals surface area contributed by atoms with Crippen molar-refractivity contribution in [1.82, 2.24) is 0 Å². The zero-order valence-electron chi connectivity index (χ0n) is 14.8. The Labute approximate surface area is 159 Å². The summed E-state index contributed by atoms with van der Waals surface area (Å²) in [5.74, 6) is 0. The van der Waals surface area contributed by atoms with Crippen molar-refractivity contribution >= 4 is 30.1 Å². The Morgan fingerprint density at radius 2 is 0.852 bits per heavy atom. The standard InChI is InChI=1S/C24H18N2Si/c25-27-23-15-7-3-11-19(23)17-9-1-5-13-21(17)26(27)22-14-6-2-10-18(22)20-12-4-8-16-24(20)27/h1-16H,25H2. The minimum atomic E-state index is -2.66. The molecule has 0 bridgehead atoms. The van der Waals surface area contributed by atoms with E-state index in [9.17, 15) is 0 Å². The molecule has 0 atom stereocenters. The van der Waals surface area contributed by atoms with Gasteiger partial charge in [-0.15, -0.1) is 0 Å². The van der Waals surface area contributed by atoms with Crippen LogP contribution in [0.3, 0.4) is 0 Å². The van der Waals surface area contributed by atoms with Crippen molar-refractivity contribution in [2.24, 2.45) is 5.40 Å². The van der Waals surface area contributed by atoms with Gasteiger partial charge in [0.05, 0.1) is 0 Å². The van der Waals surface area contributed by atoms with Gasteiger partial charge in [0, 0.05) is 22.5 Å². The molecule has 0 aromatic heterocycles. The molecule has 0 radical (unpaired) electrons. The molecular weight excluding hydrogens is 344 g/mol. The first-order chi connectivity index (χ1) is 13.3. The van der Waals surface area contributed by atoms with Crippen LogP contribution in [-0.2, 0) is 0 Å². The zero-order valence-corrected chi connectivity index (χ0v) is 15.8. The second kappa shape index (κ2) is 5.19. The number of hydrogen-bond acceptors (Lipinski definition) is 2. The highest BCUT2D eigenvalue weighted by molar-refractivity contribution is 7.05. The maximum absolute atomic E-state index is 7.48. The maximum atomic E-state index is 7.48. The SMILES string of the molecule is N[Si]12c3ccccc3-c3ccccc3N1c1ccccc1-c1ccccc12. The molecule has 128 valence electrons. The van der Waals surface area contributed by atoms with Crippen LogP contribution in [-0.4, -0.2) is 8.40 Å². The fraction of sp³-hybridized carbons (Fsp3) is 0. The smallest absolute Gasteiger partial charge is 0.302 e. The molecule has 0 aliphatic carbocycles. The number of anilines is 2. The van der Waals surface area contributed by atoms with Gasteiger partial charge in [-0.2, -0.15) is 0 Å². The van der Waals surface area contributed by atoms with E-state index in [0.717, 1.165) is 0 Å². The van der Waals surface area contributed by atoms with Gasteiger partial charge in [-0.3, -0.25) is 0 Å². The molecule has 0 unspecified atom stereocenters. The summed E-state index contributed by atoms with van der Waals surface area (Å²) in [6.45, 7) is 0. The van der Waals surface area contributed by atoms with E-state index in [0.29, 0.717) is 0 Å². The summed E-state index contributed by atoms with van der Waals surface area (Å²) < 4.78 is 2.46. The van der Waals surface area contributed by atoms with Crippen molar-refractivity contribution in [3.8, 4) is 22.3 Å². The highest BCUT2D eigenvalue weighted by Gasteiger charge is 2.51. The van der Waals surface area contributed by atoms with Crippen LogP contribution in [0.25, 0.3) is 22.3 Å². The van der Waals surface area contributed by atoms with E-state index >= 15 is 0 Å². The Morgan fingerprint density at radius 1 is 0.481 bits per heavy atom. The lowest BCUT2D eigenvalue weighted by molar-refractivity contribution is 1.29. The molecule has 2 nitrogen and oxygen atoms in total. The number of nitrogens with two attached hydrogens (primary N) is 1. The predicted molar refractivity (Wildman–Crippen MR) is 115 cm³/mol. The lowest BCUT2D eigenvalue weighted by Gasteiger charge is -2.49. The van der Waals surface area contributed by atoms with Gasteiger partial charge in [-0.1, -0.05) is 84.9 Å². The van der Waals surface area contributed by atoms with E-state index < -0.39 is 8.40 Å². The highest BCUT2D eigenvalue weighted by Crippen LogP contribution is 2.47. The van der Waals surface area contributed by atoms with Gasteiger partial charge >= 0.3 is 8.40 Å². The normalized spacial score (nSPS) is 15.1. The van der Waals surface area contributed by atoms with Gasteiger partial charge in [0.2, 0.25) is 0 Å². The van der Waals surface area contributed by atoms with Gasteiger partial charge < -0.3 is 9.96 Å². The molecule has 0 amide bonds. The first kappa shape index (κ1) is 15.0. The molecule has 2 aliphatic heterocycles. The van der Waals surface area contributed by atoms with Crippen LogP contribution in [0.1, 0.15) is 0 Å². The number of benzene rings is 4. The Kier molecular flexibility index (Phi) is 2.88. The van der Waals surface area contributed by atoms with E-state index in [1.165, 1.54) is 44.0 Å². The Balaban J connectivity index is 1.82. The van der Waals surface area contributed by atoms with E-state index in [1.807, 2.05) is 0 Å². The van der Waals surface area contributed by atoms with Crippen LogP contribution >= 0.6 is 0 Å². The third kappa shape index (κ3) is 1.77. The van der Waals surface area contributed by atoms with E-state index in [1.54, 1.807) is 0 Å². The summed E-state index contributed by atoms with van der Waals surface area (Å²) in [6, 6.07) is 34.7. The van der Waals surface area contributed by atoms with Gasteiger partial charge in [-0.25, -0.2) is 0 Å². The molecule has 0 spiro atoms. The van der Waals surface area contributed by atoms with Crippen LogP contribution in [0.2, 0.25) is 0 Å². The lowest BCUT2D eigenvalue weighted by Crippen LogP contribution is -2.79. The minimum absolute atomic E-state index is 1.22. The number of fused-ring (bicyclic) bond motifs is 11. The molecule has 0 fully saturated rings. The molecule has 4 aromatic carbocycles. The van der Waals surface area contributed by atoms with Crippen LogP contribution in [0.4, 0.5) is 11.4 Å². The Hall–Kier alpha value is -3.14. The maximum Gasteiger partial charge on any atom is 0.302 e. The van der Waals surface area contributed by atoms with Crippen molar-refractivity contribution in [2.75, 3.05) is 4.57 Å². The fourth-order valence-corrected chi connectivity index (χ4v) is 8.67. The van der Waals surface area contributed by atoms with Crippen molar-refractivity contribution in [1.29, 1.82) is 0 Å². The predicted octanol–water partition coefficient (Wildman–Crippen LogP) is 4.00. The number of hydrogen-bond donors (Lipinski definition) is 1. The second-order valence-electron chi connectivity index (χ2n) is 7.23. The third-order valence-electron chi connectivity index (χ3n) is 5.90. The van der Waals surface area contributed by atoms with Crippen molar-refractivity contribution < 1.29 is 0 Å². The number of nitrogens with zero attached hydrogens (tertiary/aromatic N) is 1. The van der Waals surface area contributed by atoms with Gasteiger partial charge in [0.25, 0.3) is 0 Å². The Bertz CT molecular complexity index is 1120. The summed E-state index contributed by atoms with van der Waals surface area (Å²) in [5.41, 5.74) is 7.49. The van der Waals surface area contributed by atoms with Crippen molar-refractivity contribution in [2.45, 2.75) is 0 Å². The third-order valence-corrected chi connectivity index (χ3v) is 9.60. The van der Waals surface area contributed by atoms with Crippen LogP contribution < -0.4 is 20.3 Å². The van der Waals surface area contributed by atoms with E-state index in [2.05, 4.69) is 102 Å². The van der Waals surface area contributed by atoms with Crippen LogP contribution in [0.5, 0.6) is 0 Å². The summed E-state index contributed by atoms with van der Waals surface area (Å²) in [5, 5.41) is 10.0. The highest BCUT2D eigenvalue weighted by atomic mass is 28.3. The monoisotopic (exact) mass is 362 g/mol. The zero-order chi connectivity index (χ0) is 18.0. The van der Waals surface area contributed by atoms with Gasteiger partial charge in [0.1, 0.15) is 0 Å². The molecule has 6 rings (SSSR count). The molecule has 2 aliphatic rings. The van der Waals surface area contributed by atoms with Crippen LogP contribution in [0, 0.1) is 0 Å². The first-order valence-corrected chi connectivity index (χ1v) is 11.3. The molecule has 2 heterocycles. The summed E-state index contributed by atoms with van der Waals surface area (Å²) >= 11 is 0. The molecule has 4 aromatic rings. The topological polar surface area (TPSA) is 29.3 Å². The second-order valence-corrected chi connectivity index (χ2v) is 10.3. The molecule has 27 heavy (non-hydrogen) atoms. The van der Waals surface area contributed by atoms with Gasteiger partial charge in [0.15, 0.2) is 0 Å². The van der Waals surface area contributed by atoms with E-state index in [4.69, 9.17) is 5.40 Å². The summed E-state index contributed by atoms with van der Waals surface area (Å²) in [4.78, 5) is 0. The van der Waals surface area contributed by atoms with Crippen molar-refractivity contribution in [3.05, 3.63) is 97.1 Å². The Morgan fingerprint density at radius 3 is 1.33 bits per heavy atom. The van der Waals surface area contributed by atoms with Gasteiger partial charge in [-0.05, 0) is 33.6 Å². The average Bonchev–Trinajstić information content (AvgIpc) is 2.74. The molecule has 2 N–H and O–H groups in total. The molecular formula is C24H18N2Si. The minimum Gasteiger partial charge on any atom is -0.347 e.